The number of morpholine rings is 1. The molecule has 1 aromatic rings. The normalized spacial score (nSPS) is 19.5. The van der Waals surface area contributed by atoms with Crippen LogP contribution in [0.1, 0.15) is 17.3 Å². The average molecular weight is 313 g/mol. The van der Waals surface area contributed by atoms with Crippen LogP contribution in [0.5, 0.6) is 0 Å². The van der Waals surface area contributed by atoms with E-state index in [9.17, 15) is 13.2 Å². The van der Waals surface area contributed by atoms with Crippen molar-refractivity contribution in [3.05, 3.63) is 29.8 Å². The number of hydrogen-bond donors (Lipinski definition) is 1. The van der Waals surface area contributed by atoms with E-state index >= 15 is 0 Å². The van der Waals surface area contributed by atoms with E-state index in [4.69, 9.17) is 9.84 Å². The maximum absolute atomic E-state index is 12.6. The van der Waals surface area contributed by atoms with Crippen molar-refractivity contribution in [1.82, 2.24) is 4.90 Å². The van der Waals surface area contributed by atoms with Crippen molar-refractivity contribution in [2.75, 3.05) is 32.1 Å². The standard InChI is InChI=1S/C14H19NO5S/c1-2-21(18,19)13-6-4-3-5-12(13)14(17)15-7-8-20-11(9-15)10-16/h3-6,11,16H,2,7-10H2,1H3. The number of aliphatic hydroxyl groups excluding tert-OH is 1. The summed E-state index contributed by atoms with van der Waals surface area (Å²) in [5.41, 5.74) is 0.179. The van der Waals surface area contributed by atoms with Crippen molar-refractivity contribution < 1.29 is 23.1 Å². The summed E-state index contributed by atoms with van der Waals surface area (Å²) in [6.07, 6.45) is -0.419. The van der Waals surface area contributed by atoms with Gasteiger partial charge in [-0.1, -0.05) is 19.1 Å². The number of carbonyl (C=O) groups excluding carboxylic acids is 1. The number of ether oxygens (including phenoxy) is 1. The second-order valence-electron chi connectivity index (χ2n) is 4.83. The summed E-state index contributed by atoms with van der Waals surface area (Å²) < 4.78 is 29.5. The first-order chi connectivity index (χ1) is 9.99. The van der Waals surface area contributed by atoms with E-state index in [2.05, 4.69) is 0 Å². The predicted octanol–water partition coefficient (Wildman–Crippen LogP) is 0.313. The van der Waals surface area contributed by atoms with Gasteiger partial charge in [-0.25, -0.2) is 8.42 Å². The van der Waals surface area contributed by atoms with Gasteiger partial charge in [-0.3, -0.25) is 4.79 Å². The van der Waals surface area contributed by atoms with Gasteiger partial charge in [0.05, 0.1) is 35.5 Å². The van der Waals surface area contributed by atoms with Gasteiger partial charge in [0, 0.05) is 13.1 Å². The minimum atomic E-state index is -3.46. The van der Waals surface area contributed by atoms with E-state index in [1.807, 2.05) is 0 Å². The molecule has 0 aliphatic carbocycles. The van der Waals surface area contributed by atoms with Crippen LogP contribution in [0.2, 0.25) is 0 Å². The monoisotopic (exact) mass is 313 g/mol. The zero-order valence-corrected chi connectivity index (χ0v) is 12.7. The number of benzene rings is 1. The first-order valence-electron chi connectivity index (χ1n) is 6.83. The van der Waals surface area contributed by atoms with Crippen LogP contribution in [0.3, 0.4) is 0 Å². The van der Waals surface area contributed by atoms with Crippen molar-refractivity contribution >= 4 is 15.7 Å². The van der Waals surface area contributed by atoms with Crippen molar-refractivity contribution in [1.29, 1.82) is 0 Å². The fourth-order valence-electron chi connectivity index (χ4n) is 2.25. The van der Waals surface area contributed by atoms with Crippen LogP contribution in [0, 0.1) is 0 Å². The number of amides is 1. The molecule has 1 aromatic carbocycles. The molecule has 1 saturated heterocycles. The molecule has 1 fully saturated rings. The molecule has 1 unspecified atom stereocenters. The smallest absolute Gasteiger partial charge is 0.255 e. The van der Waals surface area contributed by atoms with E-state index in [0.717, 1.165) is 0 Å². The number of nitrogens with zero attached hydrogens (tertiary/aromatic N) is 1. The second kappa shape index (κ2) is 6.55. The molecule has 1 N–H and O–H groups in total. The van der Waals surface area contributed by atoms with E-state index in [-0.39, 0.29) is 35.3 Å². The van der Waals surface area contributed by atoms with Crippen LogP contribution >= 0.6 is 0 Å². The molecule has 0 bridgehead atoms. The molecule has 0 spiro atoms. The lowest BCUT2D eigenvalue weighted by Crippen LogP contribution is -2.47. The van der Waals surface area contributed by atoms with Crippen LogP contribution in [-0.2, 0) is 14.6 Å². The SMILES string of the molecule is CCS(=O)(=O)c1ccccc1C(=O)N1CCOC(CO)C1. The highest BCUT2D eigenvalue weighted by Gasteiger charge is 2.28. The van der Waals surface area contributed by atoms with E-state index in [1.165, 1.54) is 17.0 Å². The molecule has 21 heavy (non-hydrogen) atoms. The first-order valence-corrected chi connectivity index (χ1v) is 8.48. The molecule has 1 heterocycles. The molecule has 1 aliphatic rings. The van der Waals surface area contributed by atoms with Gasteiger partial charge >= 0.3 is 0 Å². The number of aliphatic hydroxyl groups is 1. The molecule has 6 nitrogen and oxygen atoms in total. The highest BCUT2D eigenvalue weighted by molar-refractivity contribution is 7.91. The molecule has 7 heteroatoms. The Morgan fingerprint density at radius 3 is 2.81 bits per heavy atom. The van der Waals surface area contributed by atoms with E-state index in [1.54, 1.807) is 19.1 Å². The molecule has 0 aromatic heterocycles. The molecule has 2 rings (SSSR count). The molecular formula is C14H19NO5S. The summed E-state index contributed by atoms with van der Waals surface area (Å²) in [4.78, 5) is 14.2. The summed E-state index contributed by atoms with van der Waals surface area (Å²) in [5, 5.41) is 9.12. The maximum Gasteiger partial charge on any atom is 0.255 e. The Balaban J connectivity index is 2.32. The van der Waals surface area contributed by atoms with Crippen molar-refractivity contribution in [3.63, 3.8) is 0 Å². The fraction of sp³-hybridized carbons (Fsp3) is 0.500. The average Bonchev–Trinajstić information content (AvgIpc) is 2.54. The third-order valence-electron chi connectivity index (χ3n) is 3.46. The quantitative estimate of drug-likeness (QED) is 0.865. The highest BCUT2D eigenvalue weighted by atomic mass is 32.2. The van der Waals surface area contributed by atoms with Gasteiger partial charge in [-0.15, -0.1) is 0 Å². The maximum atomic E-state index is 12.6. The third kappa shape index (κ3) is 3.42. The van der Waals surface area contributed by atoms with Gasteiger partial charge in [0.15, 0.2) is 9.84 Å². The summed E-state index contributed by atoms with van der Waals surface area (Å²) in [6, 6.07) is 6.23. The fourth-order valence-corrected chi connectivity index (χ4v) is 3.34. The first kappa shape index (κ1) is 15.9. The lowest BCUT2D eigenvalue weighted by atomic mass is 10.1. The molecule has 1 aliphatic heterocycles. The number of hydrogen-bond acceptors (Lipinski definition) is 5. The summed E-state index contributed by atoms with van der Waals surface area (Å²) >= 11 is 0. The molecule has 0 saturated carbocycles. The number of rotatable bonds is 4. The Bertz CT molecular complexity index is 614. The summed E-state index contributed by atoms with van der Waals surface area (Å²) in [5.74, 6) is -0.399. The Hall–Kier alpha value is -1.44. The molecule has 116 valence electrons. The van der Waals surface area contributed by atoms with E-state index in [0.29, 0.717) is 13.2 Å². The lowest BCUT2D eigenvalue weighted by Gasteiger charge is -2.32. The predicted molar refractivity (Wildman–Crippen MR) is 76.9 cm³/mol. The molecule has 1 amide bonds. The van der Waals surface area contributed by atoms with Gasteiger partial charge < -0.3 is 14.7 Å². The lowest BCUT2D eigenvalue weighted by molar-refractivity contribution is -0.0448. The summed E-state index contributed by atoms with van der Waals surface area (Å²) in [7, 11) is -3.46. The third-order valence-corrected chi connectivity index (χ3v) is 5.25. The molecule has 1 atom stereocenters. The highest BCUT2D eigenvalue weighted by Crippen LogP contribution is 2.20. The Kier molecular flexibility index (Phi) is 4.97. The van der Waals surface area contributed by atoms with Crippen LogP contribution in [0.15, 0.2) is 29.2 Å². The largest absolute Gasteiger partial charge is 0.394 e. The minimum Gasteiger partial charge on any atom is -0.394 e. The van der Waals surface area contributed by atoms with Crippen molar-refractivity contribution in [2.24, 2.45) is 0 Å². The second-order valence-corrected chi connectivity index (χ2v) is 7.07. The minimum absolute atomic E-state index is 0.0559. The van der Waals surface area contributed by atoms with E-state index < -0.39 is 15.9 Å². The summed E-state index contributed by atoms with van der Waals surface area (Å²) in [6.45, 7) is 2.36. The Morgan fingerprint density at radius 2 is 2.14 bits per heavy atom. The van der Waals surface area contributed by atoms with Gasteiger partial charge in [0.1, 0.15) is 0 Å². The Morgan fingerprint density at radius 1 is 1.43 bits per heavy atom. The zero-order chi connectivity index (χ0) is 15.5. The van der Waals surface area contributed by atoms with Crippen LogP contribution in [0.4, 0.5) is 0 Å². The Labute approximate surface area is 124 Å². The van der Waals surface area contributed by atoms with Crippen LogP contribution in [-0.4, -0.2) is 62.5 Å². The van der Waals surface area contributed by atoms with Crippen LogP contribution in [0.25, 0.3) is 0 Å². The molecular weight excluding hydrogens is 294 g/mol. The zero-order valence-electron chi connectivity index (χ0n) is 11.9. The van der Waals surface area contributed by atoms with Gasteiger partial charge in [-0.2, -0.15) is 0 Å². The van der Waals surface area contributed by atoms with Crippen molar-refractivity contribution in [2.45, 2.75) is 17.9 Å². The van der Waals surface area contributed by atoms with Crippen LogP contribution < -0.4 is 0 Å². The number of carbonyl (C=O) groups is 1. The van der Waals surface area contributed by atoms with Gasteiger partial charge in [0.2, 0.25) is 0 Å². The van der Waals surface area contributed by atoms with Gasteiger partial charge in [-0.05, 0) is 12.1 Å². The molecule has 0 radical (unpaired) electrons. The van der Waals surface area contributed by atoms with Crippen molar-refractivity contribution in [3.8, 4) is 0 Å². The van der Waals surface area contributed by atoms with Gasteiger partial charge in [0.25, 0.3) is 5.91 Å². The number of sulfone groups is 1. The topological polar surface area (TPSA) is 83.9 Å².